The number of hydrazone groups is 1. The van der Waals surface area contributed by atoms with Crippen LogP contribution in [-0.2, 0) is 15.8 Å². The summed E-state index contributed by atoms with van der Waals surface area (Å²) < 4.78 is 39.1. The largest absolute Gasteiger partial charge is 0.417 e. The van der Waals surface area contributed by atoms with Crippen molar-refractivity contribution in [2.75, 3.05) is 0 Å². The molecular weight excluding hydrogens is 395 g/mol. The van der Waals surface area contributed by atoms with Crippen molar-refractivity contribution in [1.29, 1.82) is 0 Å². The number of carbonyl (C=O) groups is 2. The highest BCUT2D eigenvalue weighted by Gasteiger charge is 2.54. The van der Waals surface area contributed by atoms with Gasteiger partial charge in [-0.3, -0.25) is 9.59 Å². The quantitative estimate of drug-likeness (QED) is 0.560. The normalized spacial score (nSPS) is 31.0. The highest BCUT2D eigenvalue weighted by molar-refractivity contribution is 5.91. The Balaban J connectivity index is 1.35. The number of halogens is 3. The molecule has 0 spiro atoms. The molecule has 4 aliphatic carbocycles. The van der Waals surface area contributed by atoms with Crippen LogP contribution in [-0.4, -0.2) is 24.1 Å². The molecule has 0 saturated heterocycles. The first-order chi connectivity index (χ1) is 14.2. The number of amides is 2. The third kappa shape index (κ3) is 4.09. The van der Waals surface area contributed by atoms with Gasteiger partial charge in [0, 0.05) is 11.0 Å². The van der Waals surface area contributed by atoms with E-state index in [4.69, 9.17) is 0 Å². The fourth-order valence-electron chi connectivity index (χ4n) is 5.93. The number of hydrogen-bond acceptors (Lipinski definition) is 3. The van der Waals surface area contributed by atoms with Crippen molar-refractivity contribution in [1.82, 2.24) is 10.7 Å². The Morgan fingerprint density at radius 3 is 2.23 bits per heavy atom. The van der Waals surface area contributed by atoms with E-state index in [1.165, 1.54) is 37.5 Å². The van der Waals surface area contributed by atoms with Crippen molar-refractivity contribution in [2.45, 2.75) is 57.7 Å². The van der Waals surface area contributed by atoms with E-state index in [0.29, 0.717) is 17.8 Å². The number of alkyl halides is 3. The Hall–Kier alpha value is -2.38. The summed E-state index contributed by atoms with van der Waals surface area (Å²) in [5.41, 5.74) is 0.904. The molecule has 1 aromatic rings. The maximum Gasteiger partial charge on any atom is 0.417 e. The van der Waals surface area contributed by atoms with Crippen LogP contribution in [0.1, 0.15) is 56.6 Å². The summed E-state index contributed by atoms with van der Waals surface area (Å²) in [5.74, 6) is 1.21. The van der Waals surface area contributed by atoms with E-state index in [1.54, 1.807) is 6.92 Å². The van der Waals surface area contributed by atoms with Crippen molar-refractivity contribution < 1.29 is 22.8 Å². The van der Waals surface area contributed by atoms with E-state index < -0.39 is 23.7 Å². The van der Waals surface area contributed by atoms with Gasteiger partial charge in [0.05, 0.1) is 11.8 Å². The second kappa shape index (κ2) is 7.71. The summed E-state index contributed by atoms with van der Waals surface area (Å²) in [7, 11) is 0. The Labute approximate surface area is 173 Å². The molecule has 2 N–H and O–H groups in total. The number of hydrogen-bond donors (Lipinski definition) is 2. The molecule has 4 saturated carbocycles. The molecule has 1 unspecified atom stereocenters. The highest BCUT2D eigenvalue weighted by atomic mass is 19.4. The van der Waals surface area contributed by atoms with Gasteiger partial charge in [-0.05, 0) is 69.3 Å². The minimum absolute atomic E-state index is 0.0735. The molecule has 30 heavy (non-hydrogen) atoms. The van der Waals surface area contributed by atoms with E-state index in [1.807, 2.05) is 0 Å². The summed E-state index contributed by atoms with van der Waals surface area (Å²) in [5, 5.41) is 6.48. The number of rotatable bonds is 5. The van der Waals surface area contributed by atoms with Crippen molar-refractivity contribution >= 4 is 18.0 Å². The van der Waals surface area contributed by atoms with Crippen molar-refractivity contribution in [3.05, 3.63) is 35.4 Å². The first kappa shape index (κ1) is 20.9. The zero-order chi connectivity index (χ0) is 21.5. The summed E-state index contributed by atoms with van der Waals surface area (Å²) in [6.07, 6.45) is 2.80. The van der Waals surface area contributed by atoms with Gasteiger partial charge in [-0.2, -0.15) is 18.3 Å². The third-order valence-electron chi connectivity index (χ3n) is 6.91. The first-order valence-corrected chi connectivity index (χ1v) is 10.5. The predicted molar refractivity (Wildman–Crippen MR) is 105 cm³/mol. The molecule has 5 nitrogen and oxygen atoms in total. The molecule has 2 amide bonds. The lowest BCUT2D eigenvalue weighted by Crippen LogP contribution is -2.56. The monoisotopic (exact) mass is 421 g/mol. The second-order valence-electron chi connectivity index (χ2n) is 9.21. The summed E-state index contributed by atoms with van der Waals surface area (Å²) >= 11 is 0. The molecule has 8 heteroatoms. The first-order valence-electron chi connectivity index (χ1n) is 10.5. The summed E-state index contributed by atoms with van der Waals surface area (Å²) in [6.45, 7) is 1.56. The lowest BCUT2D eigenvalue weighted by Gasteiger charge is -2.55. The molecular formula is C22H26F3N3O2. The van der Waals surface area contributed by atoms with Crippen LogP contribution in [0.25, 0.3) is 0 Å². The van der Waals surface area contributed by atoms with Gasteiger partial charge >= 0.3 is 6.18 Å². The van der Waals surface area contributed by atoms with Gasteiger partial charge in [0.25, 0.3) is 5.91 Å². The molecule has 162 valence electrons. The Morgan fingerprint density at radius 2 is 1.67 bits per heavy atom. The molecule has 0 aromatic heterocycles. The minimum atomic E-state index is -4.51. The van der Waals surface area contributed by atoms with Crippen LogP contribution in [0, 0.1) is 23.2 Å². The highest BCUT2D eigenvalue weighted by Crippen LogP contribution is 2.60. The van der Waals surface area contributed by atoms with Crippen LogP contribution in [0.4, 0.5) is 13.2 Å². The van der Waals surface area contributed by atoms with Crippen LogP contribution < -0.4 is 10.7 Å². The average molecular weight is 421 g/mol. The minimum Gasteiger partial charge on any atom is -0.344 e. The van der Waals surface area contributed by atoms with E-state index in [-0.39, 0.29) is 16.9 Å². The van der Waals surface area contributed by atoms with Gasteiger partial charge in [0.1, 0.15) is 6.04 Å². The molecule has 0 heterocycles. The fourth-order valence-corrected chi connectivity index (χ4v) is 5.93. The molecule has 1 atom stereocenters. The summed E-state index contributed by atoms with van der Waals surface area (Å²) in [4.78, 5) is 25.3. The fraction of sp³-hybridized carbons (Fsp3) is 0.591. The number of carbonyl (C=O) groups excluding carboxylic acids is 2. The molecule has 4 bridgehead atoms. The Kier molecular flexibility index (Phi) is 5.36. The van der Waals surface area contributed by atoms with Crippen LogP contribution >= 0.6 is 0 Å². The summed E-state index contributed by atoms with van der Waals surface area (Å²) in [6, 6.07) is 4.17. The van der Waals surface area contributed by atoms with E-state index in [9.17, 15) is 22.8 Å². The molecule has 5 rings (SSSR count). The van der Waals surface area contributed by atoms with Gasteiger partial charge in [-0.1, -0.05) is 18.2 Å². The average Bonchev–Trinajstić information content (AvgIpc) is 2.66. The van der Waals surface area contributed by atoms with Crippen LogP contribution in [0.15, 0.2) is 29.4 Å². The number of benzene rings is 1. The lowest BCUT2D eigenvalue weighted by atomic mass is 9.49. The lowest BCUT2D eigenvalue weighted by molar-refractivity contribution is -0.148. The smallest absolute Gasteiger partial charge is 0.344 e. The maximum absolute atomic E-state index is 13.0. The second-order valence-corrected chi connectivity index (χ2v) is 9.21. The van der Waals surface area contributed by atoms with Gasteiger partial charge in [0.15, 0.2) is 0 Å². The van der Waals surface area contributed by atoms with Crippen LogP contribution in [0.2, 0.25) is 0 Å². The number of nitrogens with one attached hydrogen (secondary N) is 2. The Bertz CT molecular complexity index is 830. The molecule has 4 aliphatic rings. The topological polar surface area (TPSA) is 70.6 Å². The standard InChI is InChI=1S/C22H26F3N3O2/c1-13(19(29)28-26-12-17-4-2-3-5-18(17)22(23,24)25)27-20(30)21-9-14-6-15(10-21)8-16(7-14)11-21/h2-5,12-16H,6-11H2,1H3,(H,27,30)(H,28,29)/b26-12+. The van der Waals surface area contributed by atoms with E-state index in [0.717, 1.165) is 31.5 Å². The zero-order valence-corrected chi connectivity index (χ0v) is 16.8. The van der Waals surface area contributed by atoms with Crippen molar-refractivity contribution in [3.8, 4) is 0 Å². The van der Waals surface area contributed by atoms with E-state index >= 15 is 0 Å². The molecule has 4 fully saturated rings. The van der Waals surface area contributed by atoms with Crippen LogP contribution in [0.5, 0.6) is 0 Å². The van der Waals surface area contributed by atoms with Gasteiger partial charge in [0.2, 0.25) is 5.91 Å². The number of nitrogens with zero attached hydrogens (tertiary/aromatic N) is 1. The maximum atomic E-state index is 13.0. The van der Waals surface area contributed by atoms with Crippen molar-refractivity contribution in [3.63, 3.8) is 0 Å². The van der Waals surface area contributed by atoms with E-state index in [2.05, 4.69) is 15.8 Å². The van der Waals surface area contributed by atoms with Gasteiger partial charge in [-0.25, -0.2) is 5.43 Å². The zero-order valence-electron chi connectivity index (χ0n) is 16.8. The van der Waals surface area contributed by atoms with Gasteiger partial charge in [-0.15, -0.1) is 0 Å². The predicted octanol–water partition coefficient (Wildman–Crippen LogP) is 3.88. The van der Waals surface area contributed by atoms with Gasteiger partial charge < -0.3 is 5.32 Å². The molecule has 0 radical (unpaired) electrons. The van der Waals surface area contributed by atoms with Crippen molar-refractivity contribution in [2.24, 2.45) is 28.3 Å². The Morgan fingerprint density at radius 1 is 1.10 bits per heavy atom. The molecule has 1 aromatic carbocycles. The third-order valence-corrected chi connectivity index (χ3v) is 6.91. The van der Waals surface area contributed by atoms with Crippen LogP contribution in [0.3, 0.4) is 0 Å². The SMILES string of the molecule is CC(NC(=O)C12CC3CC(CC(C3)C1)C2)C(=O)N/N=C/c1ccccc1C(F)(F)F. The molecule has 0 aliphatic heterocycles.